The summed E-state index contributed by atoms with van der Waals surface area (Å²) in [6.07, 6.45) is -1.34. The number of benzene rings is 1. The van der Waals surface area contributed by atoms with Gasteiger partial charge in [0.1, 0.15) is 24.1 Å². The van der Waals surface area contributed by atoms with Gasteiger partial charge in [0, 0.05) is 6.92 Å². The van der Waals surface area contributed by atoms with Crippen LogP contribution in [0.3, 0.4) is 0 Å². The van der Waals surface area contributed by atoms with Crippen molar-refractivity contribution < 1.29 is 33.2 Å². The van der Waals surface area contributed by atoms with Crippen LogP contribution >= 0.6 is 0 Å². The highest BCUT2D eigenvalue weighted by atomic mass is 16.9. The Kier molecular flexibility index (Phi) is 3.53. The number of ether oxygens (including phenoxy) is 6. The average Bonchev–Trinajstić information content (AvgIpc) is 3.09. The van der Waals surface area contributed by atoms with Crippen molar-refractivity contribution in [3.63, 3.8) is 0 Å². The zero-order valence-corrected chi connectivity index (χ0v) is 12.9. The maximum Gasteiger partial charge on any atom is 0.338 e. The summed E-state index contributed by atoms with van der Waals surface area (Å²) in [6.45, 7) is 2.41. The molecule has 1 aromatic carbocycles. The van der Waals surface area contributed by atoms with E-state index in [1.807, 2.05) is 0 Å². The zero-order chi connectivity index (χ0) is 16.0. The number of fused-ring (bicyclic) bond motifs is 4. The third-order valence-corrected chi connectivity index (χ3v) is 4.32. The molecule has 3 saturated heterocycles. The van der Waals surface area contributed by atoms with E-state index in [2.05, 4.69) is 0 Å². The molecule has 1 unspecified atom stereocenters. The highest BCUT2D eigenvalue weighted by Crippen LogP contribution is 2.40. The lowest BCUT2D eigenvalue weighted by molar-refractivity contribution is -0.377. The van der Waals surface area contributed by atoms with Gasteiger partial charge in [0.05, 0.1) is 25.9 Å². The van der Waals surface area contributed by atoms with E-state index in [0.29, 0.717) is 17.9 Å². The molecule has 0 spiro atoms. The summed E-state index contributed by atoms with van der Waals surface area (Å²) in [6, 6.07) is 6.75. The smallest absolute Gasteiger partial charge is 0.338 e. The second kappa shape index (κ2) is 5.45. The van der Waals surface area contributed by atoms with E-state index in [0.717, 1.165) is 0 Å². The van der Waals surface area contributed by atoms with Crippen LogP contribution in [0, 0.1) is 0 Å². The first-order valence-electron chi connectivity index (χ1n) is 7.54. The van der Waals surface area contributed by atoms with Gasteiger partial charge in [0.25, 0.3) is 5.97 Å². The minimum atomic E-state index is -1.08. The first-order chi connectivity index (χ1) is 11.1. The fourth-order valence-electron chi connectivity index (χ4n) is 3.15. The summed E-state index contributed by atoms with van der Waals surface area (Å²) >= 11 is 0. The van der Waals surface area contributed by atoms with Gasteiger partial charge < -0.3 is 28.4 Å². The Bertz CT molecular complexity index is 601. The Morgan fingerprint density at radius 3 is 2.70 bits per heavy atom. The number of hydrogen-bond donors (Lipinski definition) is 0. The SMILES string of the molecule is COc1ccc(C(=O)O[C@H]2CO[C@H]3[C@@H]2OC2(C)OC[C@@H]3O2)cc1. The molecule has 0 radical (unpaired) electrons. The van der Waals surface area contributed by atoms with Crippen molar-refractivity contribution in [2.45, 2.75) is 37.3 Å². The number of carbonyl (C=O) groups excluding carboxylic acids is 1. The van der Waals surface area contributed by atoms with Crippen molar-refractivity contribution >= 4 is 5.97 Å². The Hall–Kier alpha value is -1.67. The molecule has 0 saturated carbocycles. The summed E-state index contributed by atoms with van der Waals surface area (Å²) < 4.78 is 33.3. The normalized spacial score (nSPS) is 38.2. The molecule has 5 atom stereocenters. The number of carbonyl (C=O) groups is 1. The molecule has 3 aliphatic rings. The minimum Gasteiger partial charge on any atom is -0.497 e. The Morgan fingerprint density at radius 1 is 1.17 bits per heavy atom. The van der Waals surface area contributed by atoms with Gasteiger partial charge in [0.15, 0.2) is 6.10 Å². The molecule has 0 amide bonds. The molecule has 7 nitrogen and oxygen atoms in total. The summed E-state index contributed by atoms with van der Waals surface area (Å²) in [4.78, 5) is 12.3. The highest BCUT2D eigenvalue weighted by molar-refractivity contribution is 5.89. The number of rotatable bonds is 3. The van der Waals surface area contributed by atoms with Crippen LogP contribution in [0.4, 0.5) is 0 Å². The topological polar surface area (TPSA) is 72.5 Å². The lowest BCUT2D eigenvalue weighted by atomic mass is 10.1. The zero-order valence-electron chi connectivity index (χ0n) is 12.9. The van der Waals surface area contributed by atoms with Gasteiger partial charge in [-0.2, -0.15) is 0 Å². The van der Waals surface area contributed by atoms with E-state index < -0.39 is 18.0 Å². The van der Waals surface area contributed by atoms with Crippen molar-refractivity contribution in [1.82, 2.24) is 0 Å². The fraction of sp³-hybridized carbons (Fsp3) is 0.562. The molecule has 1 aromatic rings. The molecular formula is C16H18O7. The average molecular weight is 322 g/mol. The van der Waals surface area contributed by atoms with E-state index in [1.54, 1.807) is 38.3 Å². The van der Waals surface area contributed by atoms with Crippen LogP contribution < -0.4 is 4.74 Å². The van der Waals surface area contributed by atoms with E-state index in [1.165, 1.54) is 0 Å². The Morgan fingerprint density at radius 2 is 1.96 bits per heavy atom. The van der Waals surface area contributed by atoms with Crippen LogP contribution in [0.1, 0.15) is 17.3 Å². The molecular weight excluding hydrogens is 304 g/mol. The van der Waals surface area contributed by atoms with Crippen molar-refractivity contribution in [3.8, 4) is 5.75 Å². The fourth-order valence-corrected chi connectivity index (χ4v) is 3.15. The Balaban J connectivity index is 1.45. The third kappa shape index (κ3) is 2.59. The van der Waals surface area contributed by atoms with Gasteiger partial charge in [-0.15, -0.1) is 0 Å². The van der Waals surface area contributed by atoms with Crippen LogP contribution in [0.25, 0.3) is 0 Å². The molecule has 3 heterocycles. The maximum atomic E-state index is 12.3. The molecule has 7 heteroatoms. The van der Waals surface area contributed by atoms with Crippen LogP contribution in [0.5, 0.6) is 5.75 Å². The minimum absolute atomic E-state index is 0.191. The van der Waals surface area contributed by atoms with Crippen LogP contribution in [-0.4, -0.2) is 56.7 Å². The third-order valence-electron chi connectivity index (χ3n) is 4.32. The molecule has 2 bridgehead atoms. The summed E-state index contributed by atoms with van der Waals surface area (Å²) in [7, 11) is 1.57. The van der Waals surface area contributed by atoms with Gasteiger partial charge in [-0.25, -0.2) is 4.79 Å². The highest BCUT2D eigenvalue weighted by Gasteiger charge is 2.58. The molecule has 0 N–H and O–H groups in total. The lowest BCUT2D eigenvalue weighted by Gasteiger charge is -2.36. The van der Waals surface area contributed by atoms with E-state index in [4.69, 9.17) is 28.4 Å². The molecule has 124 valence electrons. The van der Waals surface area contributed by atoms with Gasteiger partial charge in [-0.05, 0) is 24.3 Å². The van der Waals surface area contributed by atoms with Crippen LogP contribution in [0.2, 0.25) is 0 Å². The monoisotopic (exact) mass is 322 g/mol. The van der Waals surface area contributed by atoms with Crippen molar-refractivity contribution in [2.75, 3.05) is 20.3 Å². The van der Waals surface area contributed by atoms with Gasteiger partial charge in [-0.3, -0.25) is 0 Å². The molecule has 4 rings (SSSR count). The van der Waals surface area contributed by atoms with E-state index in [9.17, 15) is 4.79 Å². The van der Waals surface area contributed by atoms with Crippen molar-refractivity contribution in [2.24, 2.45) is 0 Å². The largest absolute Gasteiger partial charge is 0.497 e. The molecule has 0 aromatic heterocycles. The quantitative estimate of drug-likeness (QED) is 0.772. The molecule has 23 heavy (non-hydrogen) atoms. The first-order valence-corrected chi connectivity index (χ1v) is 7.54. The number of hydrogen-bond acceptors (Lipinski definition) is 7. The maximum absolute atomic E-state index is 12.3. The summed E-state index contributed by atoms with van der Waals surface area (Å²) in [5, 5.41) is 0. The molecule has 0 aliphatic carbocycles. The second-order valence-electron chi connectivity index (χ2n) is 5.88. The Labute approximate surface area is 133 Å². The van der Waals surface area contributed by atoms with Gasteiger partial charge >= 0.3 is 5.97 Å². The standard InChI is InChI=1S/C16H18O7/c1-16-20-8-12(22-16)13-14(23-16)11(7-19-13)21-15(17)9-3-5-10(18-2)6-4-9/h3-6,11-14H,7-8H2,1-2H3/t11-,12-,13+,14+,16?/m0/s1. The van der Waals surface area contributed by atoms with Crippen molar-refractivity contribution in [1.29, 1.82) is 0 Å². The second-order valence-corrected chi connectivity index (χ2v) is 5.88. The molecule has 3 aliphatic heterocycles. The van der Waals surface area contributed by atoms with E-state index in [-0.39, 0.29) is 24.9 Å². The number of methoxy groups -OCH3 is 1. The predicted molar refractivity (Wildman–Crippen MR) is 76.0 cm³/mol. The summed E-state index contributed by atoms with van der Waals surface area (Å²) in [5.41, 5.74) is 0.451. The number of esters is 1. The predicted octanol–water partition coefficient (Wildman–Crippen LogP) is 1.11. The van der Waals surface area contributed by atoms with E-state index >= 15 is 0 Å². The summed E-state index contributed by atoms with van der Waals surface area (Å²) in [5.74, 6) is -0.819. The van der Waals surface area contributed by atoms with Crippen LogP contribution in [-0.2, 0) is 23.7 Å². The molecule has 3 fully saturated rings. The first kappa shape index (κ1) is 14.9. The van der Waals surface area contributed by atoms with Crippen LogP contribution in [0.15, 0.2) is 24.3 Å². The lowest BCUT2D eigenvalue weighted by Crippen LogP contribution is -2.52. The van der Waals surface area contributed by atoms with Gasteiger partial charge in [0.2, 0.25) is 0 Å². The van der Waals surface area contributed by atoms with Crippen molar-refractivity contribution in [3.05, 3.63) is 29.8 Å². The van der Waals surface area contributed by atoms with Gasteiger partial charge in [-0.1, -0.05) is 0 Å².